The van der Waals surface area contributed by atoms with Crippen molar-refractivity contribution in [2.45, 2.75) is 13.3 Å². The average molecular weight is 202 g/mol. The molecule has 2 rings (SSSR count). The van der Waals surface area contributed by atoms with Gasteiger partial charge in [-0.05, 0) is 12.5 Å². The number of carbonyl (C=O) groups is 1. The SMILES string of the molecule is Cc1ncc(-n2cc(CC=O)cn2)cn1. The normalized spacial score (nSPS) is 10.2. The summed E-state index contributed by atoms with van der Waals surface area (Å²) in [6.07, 6.45) is 8.08. The number of hydrogen-bond acceptors (Lipinski definition) is 4. The highest BCUT2D eigenvalue weighted by atomic mass is 16.1. The number of rotatable bonds is 3. The predicted octanol–water partition coefficient (Wildman–Crippen LogP) is 0.712. The van der Waals surface area contributed by atoms with E-state index in [2.05, 4.69) is 15.1 Å². The molecule has 76 valence electrons. The minimum absolute atomic E-state index is 0.382. The summed E-state index contributed by atoms with van der Waals surface area (Å²) in [5.74, 6) is 0.721. The fourth-order valence-electron chi connectivity index (χ4n) is 1.21. The summed E-state index contributed by atoms with van der Waals surface area (Å²) >= 11 is 0. The number of aryl methyl sites for hydroxylation is 1. The van der Waals surface area contributed by atoms with Crippen molar-refractivity contribution in [3.63, 3.8) is 0 Å². The molecular formula is C10H10N4O. The zero-order valence-electron chi connectivity index (χ0n) is 8.29. The second-order valence-electron chi connectivity index (χ2n) is 3.15. The lowest BCUT2D eigenvalue weighted by Gasteiger charge is -1.99. The van der Waals surface area contributed by atoms with Crippen LogP contribution in [0.15, 0.2) is 24.8 Å². The van der Waals surface area contributed by atoms with Crippen LogP contribution in [0.5, 0.6) is 0 Å². The maximum atomic E-state index is 10.3. The Morgan fingerprint density at radius 2 is 2.07 bits per heavy atom. The average Bonchev–Trinajstić information content (AvgIpc) is 2.68. The molecule has 0 spiro atoms. The zero-order chi connectivity index (χ0) is 10.7. The van der Waals surface area contributed by atoms with Crippen LogP contribution in [0.1, 0.15) is 11.4 Å². The van der Waals surface area contributed by atoms with Crippen LogP contribution in [-0.2, 0) is 11.2 Å². The topological polar surface area (TPSA) is 60.7 Å². The monoisotopic (exact) mass is 202 g/mol. The van der Waals surface area contributed by atoms with E-state index in [9.17, 15) is 4.79 Å². The summed E-state index contributed by atoms with van der Waals surface area (Å²) < 4.78 is 1.65. The highest BCUT2D eigenvalue weighted by molar-refractivity contribution is 5.54. The Labute approximate surface area is 86.8 Å². The van der Waals surface area contributed by atoms with Crippen molar-refractivity contribution in [3.05, 3.63) is 36.2 Å². The maximum Gasteiger partial charge on any atom is 0.125 e. The molecule has 0 fully saturated rings. The molecule has 0 atom stereocenters. The number of carbonyl (C=O) groups excluding carboxylic acids is 1. The van der Waals surface area contributed by atoms with E-state index in [-0.39, 0.29) is 0 Å². The summed E-state index contributed by atoms with van der Waals surface area (Å²) in [6, 6.07) is 0. The van der Waals surface area contributed by atoms with Gasteiger partial charge in [-0.25, -0.2) is 14.6 Å². The first kappa shape index (κ1) is 9.51. The lowest BCUT2D eigenvalue weighted by molar-refractivity contribution is -0.107. The Morgan fingerprint density at radius 3 is 2.73 bits per heavy atom. The van der Waals surface area contributed by atoms with Gasteiger partial charge in [0.1, 0.15) is 17.8 Å². The van der Waals surface area contributed by atoms with Gasteiger partial charge < -0.3 is 4.79 Å². The van der Waals surface area contributed by atoms with Crippen molar-refractivity contribution in [1.82, 2.24) is 19.7 Å². The van der Waals surface area contributed by atoms with Gasteiger partial charge in [0.05, 0.1) is 18.6 Å². The van der Waals surface area contributed by atoms with Gasteiger partial charge in [-0.2, -0.15) is 5.10 Å². The Morgan fingerprint density at radius 1 is 1.33 bits per heavy atom. The summed E-state index contributed by atoms with van der Waals surface area (Å²) in [7, 11) is 0. The van der Waals surface area contributed by atoms with Gasteiger partial charge in [0.25, 0.3) is 0 Å². The number of aromatic nitrogens is 4. The van der Waals surface area contributed by atoms with E-state index >= 15 is 0 Å². The number of aldehydes is 1. The van der Waals surface area contributed by atoms with Crippen LogP contribution in [0, 0.1) is 6.92 Å². The van der Waals surface area contributed by atoms with Crippen LogP contribution in [-0.4, -0.2) is 26.0 Å². The van der Waals surface area contributed by atoms with Crippen LogP contribution in [0.4, 0.5) is 0 Å². The second-order valence-corrected chi connectivity index (χ2v) is 3.15. The van der Waals surface area contributed by atoms with Crippen molar-refractivity contribution in [1.29, 1.82) is 0 Å². The molecule has 0 unspecified atom stereocenters. The van der Waals surface area contributed by atoms with Crippen molar-refractivity contribution < 1.29 is 4.79 Å². The van der Waals surface area contributed by atoms with Crippen molar-refractivity contribution >= 4 is 6.29 Å². The molecule has 0 aliphatic carbocycles. The summed E-state index contributed by atoms with van der Waals surface area (Å²) in [5.41, 5.74) is 1.67. The van der Waals surface area contributed by atoms with E-state index in [0.29, 0.717) is 6.42 Å². The molecule has 5 heteroatoms. The fraction of sp³-hybridized carbons (Fsp3) is 0.200. The molecule has 0 aromatic carbocycles. The molecule has 0 radical (unpaired) electrons. The summed E-state index contributed by atoms with van der Waals surface area (Å²) in [6.45, 7) is 1.82. The molecule has 0 aliphatic heterocycles. The van der Waals surface area contributed by atoms with Crippen LogP contribution >= 0.6 is 0 Å². The molecule has 0 bridgehead atoms. The van der Waals surface area contributed by atoms with Crippen LogP contribution < -0.4 is 0 Å². The Bertz CT molecular complexity index is 461. The maximum absolute atomic E-state index is 10.3. The van der Waals surface area contributed by atoms with Gasteiger partial charge in [0.15, 0.2) is 0 Å². The standard InChI is InChI=1S/C10H10N4O/c1-8-11-5-10(6-12-8)14-7-9(2-3-15)4-13-14/h3-7H,2H2,1H3. The van der Waals surface area contributed by atoms with Crippen molar-refractivity contribution in [2.75, 3.05) is 0 Å². The highest BCUT2D eigenvalue weighted by Crippen LogP contribution is 2.05. The lowest BCUT2D eigenvalue weighted by atomic mass is 10.3. The van der Waals surface area contributed by atoms with Gasteiger partial charge in [0, 0.05) is 12.6 Å². The molecular weight excluding hydrogens is 192 g/mol. The lowest BCUT2D eigenvalue weighted by Crippen LogP contribution is -1.97. The third kappa shape index (κ3) is 2.07. The Kier molecular flexibility index (Phi) is 2.53. The highest BCUT2D eigenvalue weighted by Gasteiger charge is 2.00. The molecule has 0 aliphatic rings. The van der Waals surface area contributed by atoms with Crippen LogP contribution in [0.2, 0.25) is 0 Å². The molecule has 0 amide bonds. The first-order chi connectivity index (χ1) is 7.29. The predicted molar refractivity (Wildman–Crippen MR) is 53.7 cm³/mol. The van der Waals surface area contributed by atoms with E-state index in [1.807, 2.05) is 6.92 Å². The third-order valence-electron chi connectivity index (χ3n) is 1.99. The van der Waals surface area contributed by atoms with Crippen molar-refractivity contribution in [2.24, 2.45) is 0 Å². The minimum Gasteiger partial charge on any atom is -0.303 e. The van der Waals surface area contributed by atoms with Gasteiger partial charge in [-0.1, -0.05) is 0 Å². The zero-order valence-corrected chi connectivity index (χ0v) is 8.29. The third-order valence-corrected chi connectivity index (χ3v) is 1.99. The second kappa shape index (κ2) is 4.00. The molecule has 15 heavy (non-hydrogen) atoms. The van der Waals surface area contributed by atoms with Gasteiger partial charge in [0.2, 0.25) is 0 Å². The molecule has 5 nitrogen and oxygen atoms in total. The molecule has 0 saturated heterocycles. The van der Waals surface area contributed by atoms with Gasteiger partial charge in [-0.15, -0.1) is 0 Å². The molecule has 2 aromatic rings. The van der Waals surface area contributed by atoms with Crippen LogP contribution in [0.25, 0.3) is 5.69 Å². The molecule has 0 saturated carbocycles. The van der Waals surface area contributed by atoms with E-state index in [1.165, 1.54) is 0 Å². The van der Waals surface area contributed by atoms with Gasteiger partial charge >= 0.3 is 0 Å². The first-order valence-electron chi connectivity index (χ1n) is 4.56. The number of nitrogens with zero attached hydrogens (tertiary/aromatic N) is 4. The Balaban J connectivity index is 2.28. The van der Waals surface area contributed by atoms with Gasteiger partial charge in [-0.3, -0.25) is 0 Å². The fourth-order valence-corrected chi connectivity index (χ4v) is 1.21. The van der Waals surface area contributed by atoms with Crippen LogP contribution in [0.3, 0.4) is 0 Å². The smallest absolute Gasteiger partial charge is 0.125 e. The van der Waals surface area contributed by atoms with Crippen molar-refractivity contribution in [3.8, 4) is 5.69 Å². The van der Waals surface area contributed by atoms with E-state index in [1.54, 1.807) is 29.5 Å². The van der Waals surface area contributed by atoms with E-state index < -0.39 is 0 Å². The Hall–Kier alpha value is -2.04. The molecule has 2 aromatic heterocycles. The first-order valence-corrected chi connectivity index (χ1v) is 4.56. The summed E-state index contributed by atoms with van der Waals surface area (Å²) in [4.78, 5) is 18.4. The number of hydrogen-bond donors (Lipinski definition) is 0. The van der Waals surface area contributed by atoms with E-state index in [0.717, 1.165) is 23.4 Å². The quantitative estimate of drug-likeness (QED) is 0.688. The largest absolute Gasteiger partial charge is 0.303 e. The summed E-state index contributed by atoms with van der Waals surface area (Å²) in [5, 5.41) is 4.11. The molecule has 2 heterocycles. The minimum atomic E-state index is 0.382. The van der Waals surface area contributed by atoms with E-state index in [4.69, 9.17) is 0 Å². The molecule has 0 N–H and O–H groups in total.